The molecular formula is C20H22N6S2. The molecule has 144 valence electrons. The standard InChI is InChI=1S/C13H17N3S.C7H5N3S/c1-3-16(4-2)13-15-11(12(14)17-13)10-8-6-5-7-9-10;1-4-5(2-8)7(10)11-6(4)3-9/h5-9H,3-4,14H2,1-2H3;10H2,1H3. The normalized spacial score (nSPS) is 9.75. The van der Waals surface area contributed by atoms with Crippen LogP contribution >= 0.6 is 22.7 Å². The average molecular weight is 411 g/mol. The van der Waals surface area contributed by atoms with Crippen LogP contribution in [0.1, 0.15) is 29.9 Å². The minimum absolute atomic E-state index is 0.432. The molecule has 0 fully saturated rings. The Labute approximate surface area is 173 Å². The highest BCUT2D eigenvalue weighted by atomic mass is 32.1. The van der Waals surface area contributed by atoms with E-state index in [1.807, 2.05) is 42.5 Å². The van der Waals surface area contributed by atoms with E-state index in [-0.39, 0.29) is 0 Å². The number of rotatable bonds is 4. The lowest BCUT2D eigenvalue weighted by molar-refractivity contribution is 0.860. The number of aromatic nitrogens is 1. The molecule has 1 aromatic carbocycles. The van der Waals surface area contributed by atoms with E-state index in [0.717, 1.165) is 45.8 Å². The highest BCUT2D eigenvalue weighted by molar-refractivity contribution is 7.19. The summed E-state index contributed by atoms with van der Waals surface area (Å²) < 4.78 is 0. The fraction of sp³-hybridized carbons (Fsp3) is 0.250. The SMILES string of the molecule is CCN(CC)c1nc(-c2ccccc2)c(N)s1.Cc1c(C#N)sc(N)c1C#N. The summed E-state index contributed by atoms with van der Waals surface area (Å²) in [5.41, 5.74) is 14.6. The molecule has 2 aromatic heterocycles. The molecule has 0 aliphatic heterocycles. The van der Waals surface area contributed by atoms with Gasteiger partial charge in [-0.05, 0) is 26.3 Å². The Bertz CT molecular complexity index is 1000. The summed E-state index contributed by atoms with van der Waals surface area (Å²) in [6.07, 6.45) is 0. The van der Waals surface area contributed by atoms with Crippen LogP contribution in [0.5, 0.6) is 0 Å². The van der Waals surface area contributed by atoms with Crippen molar-refractivity contribution >= 4 is 37.8 Å². The summed E-state index contributed by atoms with van der Waals surface area (Å²) in [6.45, 7) is 7.89. The Hall–Kier alpha value is -3.07. The van der Waals surface area contributed by atoms with Gasteiger partial charge in [-0.2, -0.15) is 10.5 Å². The molecule has 0 aliphatic carbocycles. The Morgan fingerprint density at radius 3 is 2.11 bits per heavy atom. The zero-order valence-corrected chi connectivity index (χ0v) is 17.7. The first-order valence-corrected chi connectivity index (χ1v) is 10.4. The monoisotopic (exact) mass is 410 g/mol. The molecule has 0 saturated carbocycles. The van der Waals surface area contributed by atoms with Crippen molar-refractivity contribution in [2.45, 2.75) is 20.8 Å². The van der Waals surface area contributed by atoms with Crippen LogP contribution in [-0.4, -0.2) is 18.1 Å². The van der Waals surface area contributed by atoms with Crippen molar-refractivity contribution in [2.75, 3.05) is 29.5 Å². The first-order chi connectivity index (χ1) is 13.5. The number of thiophene rings is 1. The van der Waals surface area contributed by atoms with Crippen LogP contribution in [0.4, 0.5) is 15.1 Å². The van der Waals surface area contributed by atoms with Gasteiger partial charge in [-0.3, -0.25) is 0 Å². The zero-order valence-electron chi connectivity index (χ0n) is 16.1. The first kappa shape index (κ1) is 21.2. The number of benzene rings is 1. The molecule has 2 heterocycles. The van der Waals surface area contributed by atoms with Gasteiger partial charge in [-0.1, -0.05) is 41.7 Å². The van der Waals surface area contributed by atoms with Crippen LogP contribution in [0.2, 0.25) is 0 Å². The van der Waals surface area contributed by atoms with Crippen molar-refractivity contribution in [1.82, 2.24) is 4.98 Å². The largest absolute Gasteiger partial charge is 0.389 e. The second-order valence-corrected chi connectivity index (χ2v) is 7.83. The number of nitrogens with zero attached hydrogens (tertiary/aromatic N) is 4. The number of thiazole rings is 1. The lowest BCUT2D eigenvalue weighted by Crippen LogP contribution is -2.21. The maximum atomic E-state index is 8.58. The molecule has 28 heavy (non-hydrogen) atoms. The van der Waals surface area contributed by atoms with E-state index in [1.165, 1.54) is 0 Å². The molecule has 3 rings (SSSR count). The molecule has 0 unspecified atom stereocenters. The number of hydrogen-bond donors (Lipinski definition) is 2. The van der Waals surface area contributed by atoms with Gasteiger partial charge in [0.1, 0.15) is 32.7 Å². The van der Waals surface area contributed by atoms with Gasteiger partial charge >= 0.3 is 0 Å². The van der Waals surface area contributed by atoms with E-state index < -0.39 is 0 Å². The van der Waals surface area contributed by atoms with Crippen LogP contribution in [0.25, 0.3) is 11.3 Å². The Kier molecular flexibility index (Phi) is 7.39. The molecule has 0 amide bonds. The average Bonchev–Trinajstić information content (AvgIpc) is 3.22. The predicted molar refractivity (Wildman–Crippen MR) is 118 cm³/mol. The third-order valence-electron chi connectivity index (χ3n) is 4.11. The number of anilines is 3. The molecule has 0 radical (unpaired) electrons. The van der Waals surface area contributed by atoms with Crippen molar-refractivity contribution in [1.29, 1.82) is 10.5 Å². The van der Waals surface area contributed by atoms with Gasteiger partial charge in [-0.15, -0.1) is 11.3 Å². The highest BCUT2D eigenvalue weighted by Gasteiger charge is 2.13. The van der Waals surface area contributed by atoms with Gasteiger partial charge in [0, 0.05) is 18.7 Å². The summed E-state index contributed by atoms with van der Waals surface area (Å²) in [4.78, 5) is 7.38. The summed E-state index contributed by atoms with van der Waals surface area (Å²) in [5, 5.41) is 19.4. The first-order valence-electron chi connectivity index (χ1n) is 8.72. The molecule has 8 heteroatoms. The van der Waals surface area contributed by atoms with Crippen molar-refractivity contribution in [3.05, 3.63) is 46.3 Å². The third-order valence-corrected chi connectivity index (χ3v) is 6.08. The lowest BCUT2D eigenvalue weighted by Gasteiger charge is -2.16. The molecule has 6 nitrogen and oxygen atoms in total. The maximum Gasteiger partial charge on any atom is 0.187 e. The molecule has 0 aliphatic rings. The molecule has 0 spiro atoms. The molecule has 0 saturated heterocycles. The van der Waals surface area contributed by atoms with Crippen molar-refractivity contribution in [3.63, 3.8) is 0 Å². The molecule has 3 aromatic rings. The van der Waals surface area contributed by atoms with Crippen LogP contribution in [-0.2, 0) is 0 Å². The number of nitriles is 2. The lowest BCUT2D eigenvalue weighted by atomic mass is 10.2. The minimum Gasteiger partial charge on any atom is -0.389 e. The zero-order chi connectivity index (χ0) is 20.7. The number of nitrogens with two attached hydrogens (primary N) is 2. The quantitative estimate of drug-likeness (QED) is 0.648. The van der Waals surface area contributed by atoms with Crippen molar-refractivity contribution in [3.8, 4) is 23.4 Å². The fourth-order valence-electron chi connectivity index (χ4n) is 2.53. The Morgan fingerprint density at radius 2 is 1.64 bits per heavy atom. The minimum atomic E-state index is 0.432. The molecule has 0 atom stereocenters. The molecule has 4 N–H and O–H groups in total. The summed E-state index contributed by atoms with van der Waals surface area (Å²) >= 11 is 2.72. The van der Waals surface area contributed by atoms with E-state index in [0.29, 0.717) is 21.0 Å². The van der Waals surface area contributed by atoms with Gasteiger partial charge in [0.25, 0.3) is 0 Å². The van der Waals surface area contributed by atoms with Crippen LogP contribution in [0.15, 0.2) is 30.3 Å². The van der Waals surface area contributed by atoms with Crippen LogP contribution in [0.3, 0.4) is 0 Å². The van der Waals surface area contributed by atoms with E-state index >= 15 is 0 Å². The topological polar surface area (TPSA) is 116 Å². The smallest absolute Gasteiger partial charge is 0.187 e. The second-order valence-electron chi connectivity index (χ2n) is 5.77. The van der Waals surface area contributed by atoms with Gasteiger partial charge < -0.3 is 16.4 Å². The summed E-state index contributed by atoms with van der Waals surface area (Å²) in [7, 11) is 0. The van der Waals surface area contributed by atoms with E-state index in [4.69, 9.17) is 22.0 Å². The van der Waals surface area contributed by atoms with E-state index in [2.05, 4.69) is 23.7 Å². The van der Waals surface area contributed by atoms with Crippen molar-refractivity contribution < 1.29 is 0 Å². The van der Waals surface area contributed by atoms with Crippen LogP contribution in [0, 0.1) is 29.6 Å². The number of hydrogen-bond acceptors (Lipinski definition) is 8. The predicted octanol–water partition coefficient (Wildman–Crippen LogP) is 4.62. The highest BCUT2D eigenvalue weighted by Crippen LogP contribution is 2.35. The van der Waals surface area contributed by atoms with E-state index in [1.54, 1.807) is 18.3 Å². The van der Waals surface area contributed by atoms with Gasteiger partial charge in [0.05, 0.1) is 5.56 Å². The fourth-order valence-corrected chi connectivity index (χ4v) is 4.34. The maximum absolute atomic E-state index is 8.58. The molecular weight excluding hydrogens is 388 g/mol. The summed E-state index contributed by atoms with van der Waals surface area (Å²) in [5.74, 6) is 0. The van der Waals surface area contributed by atoms with Gasteiger partial charge in [0.2, 0.25) is 0 Å². The van der Waals surface area contributed by atoms with E-state index in [9.17, 15) is 0 Å². The molecule has 0 bridgehead atoms. The Balaban J connectivity index is 0.000000221. The number of nitrogen functional groups attached to an aromatic ring is 2. The summed E-state index contributed by atoms with van der Waals surface area (Å²) in [6, 6.07) is 14.0. The second kappa shape index (κ2) is 9.75. The van der Waals surface area contributed by atoms with Crippen LogP contribution < -0.4 is 16.4 Å². The Morgan fingerprint density at radius 1 is 1.00 bits per heavy atom. The van der Waals surface area contributed by atoms with Crippen molar-refractivity contribution in [2.24, 2.45) is 0 Å². The van der Waals surface area contributed by atoms with Gasteiger partial charge in [0.15, 0.2) is 5.13 Å². The third kappa shape index (κ3) is 4.61. The van der Waals surface area contributed by atoms with Gasteiger partial charge in [-0.25, -0.2) is 4.98 Å².